The molecule has 0 aliphatic rings. The van der Waals surface area contributed by atoms with Crippen LogP contribution in [-0.4, -0.2) is 0 Å². The summed E-state index contributed by atoms with van der Waals surface area (Å²) in [5.41, 5.74) is 3.14. The Hall–Kier alpha value is -3.23. The van der Waals surface area contributed by atoms with Crippen molar-refractivity contribution in [3.05, 3.63) is 102 Å². The van der Waals surface area contributed by atoms with Crippen LogP contribution in [0.15, 0.2) is 84.9 Å². The average Bonchev–Trinajstić information content (AvgIpc) is 2.77. The van der Waals surface area contributed by atoms with Crippen LogP contribution in [0.25, 0.3) is 10.8 Å². The van der Waals surface area contributed by atoms with E-state index in [4.69, 9.17) is 13.6 Å². The molecule has 4 aromatic carbocycles. The summed E-state index contributed by atoms with van der Waals surface area (Å²) in [6, 6.07) is 26.6. The van der Waals surface area contributed by atoms with Gasteiger partial charge < -0.3 is 13.6 Å². The highest BCUT2D eigenvalue weighted by atomic mass is 31.2. The molecule has 5 heteroatoms. The Bertz CT molecular complexity index is 1290. The van der Waals surface area contributed by atoms with E-state index in [0.717, 1.165) is 28.3 Å². The number of rotatable bonds is 8. The van der Waals surface area contributed by atoms with E-state index in [1.54, 1.807) is 12.1 Å². The summed E-state index contributed by atoms with van der Waals surface area (Å²) in [5, 5.41) is 1.81. The van der Waals surface area contributed by atoms with Gasteiger partial charge in [0, 0.05) is 5.39 Å². The second-order valence-corrected chi connectivity index (χ2v) is 10.2. The SMILES string of the molecule is Cc1ccc(OP(=O)(Oc2ccc(CC(C)C)cc2)Oc2cccc3ccccc23)c(C)c1. The van der Waals surface area contributed by atoms with Crippen LogP contribution in [0.1, 0.15) is 30.5 Å². The average molecular weight is 461 g/mol. The van der Waals surface area contributed by atoms with E-state index in [1.165, 1.54) is 5.56 Å². The molecule has 0 fully saturated rings. The topological polar surface area (TPSA) is 44.8 Å². The van der Waals surface area contributed by atoms with E-state index in [0.29, 0.717) is 23.2 Å². The minimum absolute atomic E-state index is 0.427. The molecule has 4 aromatic rings. The summed E-state index contributed by atoms with van der Waals surface area (Å²) in [6.45, 7) is 8.26. The number of hydrogen-bond donors (Lipinski definition) is 0. The summed E-state index contributed by atoms with van der Waals surface area (Å²) in [7, 11) is -4.07. The van der Waals surface area contributed by atoms with Gasteiger partial charge in [0.25, 0.3) is 0 Å². The number of phosphoric acid groups is 1. The van der Waals surface area contributed by atoms with Crippen molar-refractivity contribution < 1.29 is 18.1 Å². The normalized spacial score (nSPS) is 13.0. The van der Waals surface area contributed by atoms with E-state index in [9.17, 15) is 4.57 Å². The molecule has 0 bridgehead atoms. The Morgan fingerprint density at radius 3 is 2.18 bits per heavy atom. The third-order valence-corrected chi connectivity index (χ3v) is 6.56. The standard InChI is InChI=1S/C28H29O4P/c1-20(2)18-23-13-15-25(16-14-23)30-33(29,31-27-17-12-21(3)19-22(27)4)32-28-11-7-9-24-8-5-6-10-26(24)28/h5-17,19-20H,18H2,1-4H3. The number of phosphoric ester groups is 1. The molecule has 0 aliphatic heterocycles. The van der Waals surface area contributed by atoms with Gasteiger partial charge in [-0.2, -0.15) is 4.57 Å². The van der Waals surface area contributed by atoms with Crippen molar-refractivity contribution in [1.29, 1.82) is 0 Å². The van der Waals surface area contributed by atoms with Crippen molar-refractivity contribution in [1.82, 2.24) is 0 Å². The molecule has 0 aliphatic carbocycles. The molecule has 4 nitrogen and oxygen atoms in total. The third-order valence-electron chi connectivity index (χ3n) is 5.28. The Labute approximate surface area is 195 Å². The molecular weight excluding hydrogens is 431 g/mol. The zero-order valence-corrected chi connectivity index (χ0v) is 20.3. The minimum atomic E-state index is -4.07. The summed E-state index contributed by atoms with van der Waals surface area (Å²) in [6.07, 6.45) is 0.962. The van der Waals surface area contributed by atoms with E-state index >= 15 is 0 Å². The van der Waals surface area contributed by atoms with Gasteiger partial charge in [-0.15, -0.1) is 0 Å². The van der Waals surface area contributed by atoms with Crippen LogP contribution in [0.4, 0.5) is 0 Å². The quantitative estimate of drug-likeness (QED) is 0.248. The first-order chi connectivity index (χ1) is 15.8. The lowest BCUT2D eigenvalue weighted by Gasteiger charge is -2.21. The Morgan fingerprint density at radius 2 is 1.45 bits per heavy atom. The molecule has 0 spiro atoms. The van der Waals surface area contributed by atoms with E-state index < -0.39 is 7.82 Å². The zero-order valence-electron chi connectivity index (χ0n) is 19.4. The van der Waals surface area contributed by atoms with Gasteiger partial charge in [0.1, 0.15) is 17.2 Å². The van der Waals surface area contributed by atoms with E-state index in [2.05, 4.69) is 13.8 Å². The fraction of sp³-hybridized carbons (Fsp3) is 0.214. The number of fused-ring (bicyclic) bond motifs is 1. The monoisotopic (exact) mass is 460 g/mol. The number of hydrogen-bond acceptors (Lipinski definition) is 4. The molecule has 0 aromatic heterocycles. The highest BCUT2D eigenvalue weighted by molar-refractivity contribution is 7.49. The predicted molar refractivity (Wildman–Crippen MR) is 134 cm³/mol. The van der Waals surface area contributed by atoms with Crippen LogP contribution in [0.5, 0.6) is 17.2 Å². The van der Waals surface area contributed by atoms with Crippen molar-refractivity contribution in [2.75, 3.05) is 0 Å². The molecule has 1 unspecified atom stereocenters. The molecule has 0 saturated heterocycles. The maximum atomic E-state index is 14.0. The van der Waals surface area contributed by atoms with Gasteiger partial charge in [0.2, 0.25) is 0 Å². The van der Waals surface area contributed by atoms with Crippen LogP contribution >= 0.6 is 7.82 Å². The van der Waals surface area contributed by atoms with Gasteiger partial charge in [-0.25, -0.2) is 0 Å². The molecule has 170 valence electrons. The molecular formula is C28H29O4P. The molecule has 0 saturated carbocycles. The number of benzene rings is 4. The van der Waals surface area contributed by atoms with Crippen molar-refractivity contribution in [3.63, 3.8) is 0 Å². The Morgan fingerprint density at radius 1 is 0.758 bits per heavy atom. The third kappa shape index (κ3) is 5.77. The van der Waals surface area contributed by atoms with Crippen molar-refractivity contribution in [2.45, 2.75) is 34.1 Å². The first kappa shape index (κ1) is 22.9. The summed E-state index contributed by atoms with van der Waals surface area (Å²) in [5.74, 6) is 1.87. The van der Waals surface area contributed by atoms with Crippen LogP contribution < -0.4 is 13.6 Å². The molecule has 0 heterocycles. The van der Waals surface area contributed by atoms with Gasteiger partial charge in [-0.1, -0.05) is 80.1 Å². The van der Waals surface area contributed by atoms with Crippen LogP contribution in [0.2, 0.25) is 0 Å². The van der Waals surface area contributed by atoms with Crippen LogP contribution in [-0.2, 0) is 11.0 Å². The maximum absolute atomic E-state index is 14.0. The van der Waals surface area contributed by atoms with Gasteiger partial charge in [-0.05, 0) is 67.0 Å². The molecule has 0 radical (unpaired) electrons. The molecule has 0 N–H and O–H groups in total. The highest BCUT2D eigenvalue weighted by Crippen LogP contribution is 2.51. The van der Waals surface area contributed by atoms with Crippen LogP contribution in [0.3, 0.4) is 0 Å². The molecule has 1 atom stereocenters. The summed E-state index contributed by atoms with van der Waals surface area (Å²) >= 11 is 0. The van der Waals surface area contributed by atoms with Crippen molar-refractivity contribution in [3.8, 4) is 17.2 Å². The molecule has 33 heavy (non-hydrogen) atoms. The highest BCUT2D eigenvalue weighted by Gasteiger charge is 2.34. The van der Waals surface area contributed by atoms with Gasteiger partial charge in [0.05, 0.1) is 0 Å². The second kappa shape index (κ2) is 9.72. The first-order valence-corrected chi connectivity index (χ1v) is 12.6. The van der Waals surface area contributed by atoms with Crippen molar-refractivity contribution >= 4 is 18.6 Å². The number of aryl methyl sites for hydroxylation is 2. The maximum Gasteiger partial charge on any atom is 0.647 e. The fourth-order valence-corrected chi connectivity index (χ4v) is 5.10. The predicted octanol–water partition coefficient (Wildman–Crippen LogP) is 8.30. The smallest absolute Gasteiger partial charge is 0.386 e. The lowest BCUT2D eigenvalue weighted by Crippen LogP contribution is -2.08. The molecule has 0 amide bonds. The van der Waals surface area contributed by atoms with Gasteiger partial charge >= 0.3 is 7.82 Å². The van der Waals surface area contributed by atoms with Gasteiger partial charge in [0.15, 0.2) is 0 Å². The largest absolute Gasteiger partial charge is 0.647 e. The lowest BCUT2D eigenvalue weighted by molar-refractivity contribution is 0.299. The van der Waals surface area contributed by atoms with Crippen LogP contribution in [0, 0.1) is 19.8 Å². The van der Waals surface area contributed by atoms with E-state index in [-0.39, 0.29) is 0 Å². The Kier molecular flexibility index (Phi) is 6.76. The summed E-state index contributed by atoms with van der Waals surface area (Å²) < 4.78 is 31.9. The van der Waals surface area contributed by atoms with Crippen molar-refractivity contribution in [2.24, 2.45) is 5.92 Å². The minimum Gasteiger partial charge on any atom is -0.386 e. The fourth-order valence-electron chi connectivity index (χ4n) is 3.76. The lowest BCUT2D eigenvalue weighted by atomic mass is 10.0. The van der Waals surface area contributed by atoms with Gasteiger partial charge in [-0.3, -0.25) is 0 Å². The Balaban J connectivity index is 1.69. The molecule has 4 rings (SSSR count). The summed E-state index contributed by atoms with van der Waals surface area (Å²) in [4.78, 5) is 0. The first-order valence-electron chi connectivity index (χ1n) is 11.1. The second-order valence-electron chi connectivity index (χ2n) is 8.71. The zero-order chi connectivity index (χ0) is 23.4. The van der Waals surface area contributed by atoms with E-state index in [1.807, 2.05) is 86.6 Å².